The average molecular weight is 256 g/mol. The summed E-state index contributed by atoms with van der Waals surface area (Å²) in [5, 5.41) is 3.47. The van der Waals surface area contributed by atoms with Gasteiger partial charge in [0.2, 0.25) is 0 Å². The Kier molecular flexibility index (Phi) is 5.79. The van der Waals surface area contributed by atoms with Gasteiger partial charge in [-0.15, -0.1) is 12.4 Å². The molecular weight excluding hydrogens is 234 g/mol. The summed E-state index contributed by atoms with van der Waals surface area (Å²) in [6, 6.07) is 6.45. The predicted molar refractivity (Wildman–Crippen MR) is 74.3 cm³/mol. The molecule has 0 radical (unpaired) electrons. The van der Waals surface area contributed by atoms with E-state index >= 15 is 0 Å². The molecule has 2 nitrogen and oxygen atoms in total. The van der Waals surface area contributed by atoms with Crippen LogP contribution in [0.25, 0.3) is 0 Å². The van der Waals surface area contributed by atoms with Gasteiger partial charge in [0, 0.05) is 0 Å². The Morgan fingerprint density at radius 1 is 1.41 bits per heavy atom. The maximum Gasteiger partial charge on any atom is 0.122 e. The number of hydrogen-bond donors (Lipinski definition) is 1. The van der Waals surface area contributed by atoms with Crippen LogP contribution in [0.2, 0.25) is 0 Å². The van der Waals surface area contributed by atoms with Crippen LogP contribution in [0.1, 0.15) is 24.0 Å². The normalized spacial score (nSPS) is 19.5. The summed E-state index contributed by atoms with van der Waals surface area (Å²) in [7, 11) is 1.76. The van der Waals surface area contributed by atoms with Gasteiger partial charge in [-0.25, -0.2) is 0 Å². The van der Waals surface area contributed by atoms with E-state index in [2.05, 4.69) is 30.4 Å². The standard InChI is InChI=1S/C14H21NO.ClH/c1-11-5-6-14(16-2)13(8-11)9-12-4-3-7-15-10-12;/h5-6,8,12,15H,3-4,7,9-10H2,1-2H3;1H. The minimum Gasteiger partial charge on any atom is -0.496 e. The molecule has 0 aliphatic carbocycles. The number of hydrogen-bond acceptors (Lipinski definition) is 2. The number of aryl methyl sites for hydroxylation is 1. The highest BCUT2D eigenvalue weighted by Gasteiger charge is 2.15. The lowest BCUT2D eigenvalue weighted by atomic mass is 9.91. The van der Waals surface area contributed by atoms with Crippen molar-refractivity contribution in [3.05, 3.63) is 29.3 Å². The number of piperidine rings is 1. The smallest absolute Gasteiger partial charge is 0.122 e. The van der Waals surface area contributed by atoms with Crippen molar-refractivity contribution in [2.24, 2.45) is 5.92 Å². The second-order valence-electron chi connectivity index (χ2n) is 4.73. The average Bonchev–Trinajstić information content (AvgIpc) is 2.31. The Bertz CT molecular complexity index is 348. The van der Waals surface area contributed by atoms with Gasteiger partial charge in [-0.2, -0.15) is 0 Å². The van der Waals surface area contributed by atoms with Crippen molar-refractivity contribution in [1.29, 1.82) is 0 Å². The van der Waals surface area contributed by atoms with Crippen LogP contribution in [0.5, 0.6) is 5.75 Å². The summed E-state index contributed by atoms with van der Waals surface area (Å²) in [4.78, 5) is 0. The Morgan fingerprint density at radius 2 is 2.24 bits per heavy atom. The van der Waals surface area contributed by atoms with Crippen LogP contribution in [0.3, 0.4) is 0 Å². The fourth-order valence-electron chi connectivity index (χ4n) is 2.48. The van der Waals surface area contributed by atoms with Gasteiger partial charge in [-0.3, -0.25) is 0 Å². The van der Waals surface area contributed by atoms with Crippen molar-refractivity contribution in [1.82, 2.24) is 5.32 Å². The van der Waals surface area contributed by atoms with Gasteiger partial charge in [0.1, 0.15) is 5.75 Å². The molecule has 1 saturated heterocycles. The molecule has 2 rings (SSSR count). The molecule has 1 unspecified atom stereocenters. The Morgan fingerprint density at radius 3 is 2.88 bits per heavy atom. The van der Waals surface area contributed by atoms with E-state index in [1.165, 1.54) is 30.5 Å². The highest BCUT2D eigenvalue weighted by Crippen LogP contribution is 2.25. The Hall–Kier alpha value is -0.730. The van der Waals surface area contributed by atoms with Gasteiger partial charge in [0.05, 0.1) is 7.11 Å². The lowest BCUT2D eigenvalue weighted by Crippen LogP contribution is -2.30. The SMILES string of the molecule is COc1ccc(C)cc1CC1CCCNC1.Cl. The number of benzene rings is 1. The molecule has 1 atom stereocenters. The van der Waals surface area contributed by atoms with Crippen LogP contribution in [0, 0.1) is 12.8 Å². The van der Waals surface area contributed by atoms with E-state index in [0.717, 1.165) is 24.6 Å². The number of rotatable bonds is 3. The molecule has 0 aromatic heterocycles. The maximum absolute atomic E-state index is 5.42. The van der Waals surface area contributed by atoms with Crippen LogP contribution in [0.15, 0.2) is 18.2 Å². The Balaban J connectivity index is 0.00000144. The van der Waals surface area contributed by atoms with Crippen LogP contribution >= 0.6 is 12.4 Å². The fraction of sp³-hybridized carbons (Fsp3) is 0.571. The third-order valence-corrected chi connectivity index (χ3v) is 3.34. The van der Waals surface area contributed by atoms with E-state index in [1.54, 1.807) is 7.11 Å². The third-order valence-electron chi connectivity index (χ3n) is 3.34. The van der Waals surface area contributed by atoms with Crippen molar-refractivity contribution >= 4 is 12.4 Å². The predicted octanol–water partition coefficient (Wildman–Crippen LogP) is 2.97. The quantitative estimate of drug-likeness (QED) is 0.897. The number of ether oxygens (including phenoxy) is 1. The van der Waals surface area contributed by atoms with Crippen LogP contribution in [-0.4, -0.2) is 20.2 Å². The lowest BCUT2D eigenvalue weighted by molar-refractivity contribution is 0.364. The van der Waals surface area contributed by atoms with E-state index in [4.69, 9.17) is 4.74 Å². The highest BCUT2D eigenvalue weighted by atomic mass is 35.5. The zero-order valence-corrected chi connectivity index (χ0v) is 11.5. The van der Waals surface area contributed by atoms with Crippen molar-refractivity contribution in [2.75, 3.05) is 20.2 Å². The molecule has 0 saturated carbocycles. The number of nitrogens with one attached hydrogen (secondary N) is 1. The fourth-order valence-corrected chi connectivity index (χ4v) is 2.48. The van der Waals surface area contributed by atoms with Crippen molar-refractivity contribution in [2.45, 2.75) is 26.2 Å². The van der Waals surface area contributed by atoms with E-state index in [9.17, 15) is 0 Å². The van der Waals surface area contributed by atoms with Gasteiger partial charge in [0.15, 0.2) is 0 Å². The first kappa shape index (κ1) is 14.3. The highest BCUT2D eigenvalue weighted by molar-refractivity contribution is 5.85. The topological polar surface area (TPSA) is 21.3 Å². The molecule has 96 valence electrons. The molecule has 1 aliphatic rings. The van der Waals surface area contributed by atoms with Gasteiger partial charge < -0.3 is 10.1 Å². The number of halogens is 1. The van der Waals surface area contributed by atoms with Crippen LogP contribution in [-0.2, 0) is 6.42 Å². The van der Waals surface area contributed by atoms with E-state index in [1.807, 2.05) is 0 Å². The summed E-state index contributed by atoms with van der Waals surface area (Å²) < 4.78 is 5.42. The molecule has 0 bridgehead atoms. The summed E-state index contributed by atoms with van der Waals surface area (Å²) in [5.41, 5.74) is 2.68. The monoisotopic (exact) mass is 255 g/mol. The summed E-state index contributed by atoms with van der Waals surface area (Å²) >= 11 is 0. The summed E-state index contributed by atoms with van der Waals surface area (Å²) in [6.45, 7) is 4.47. The zero-order chi connectivity index (χ0) is 11.4. The second-order valence-corrected chi connectivity index (χ2v) is 4.73. The molecule has 1 aliphatic heterocycles. The van der Waals surface area contributed by atoms with Gasteiger partial charge in [-0.1, -0.05) is 17.7 Å². The van der Waals surface area contributed by atoms with E-state index < -0.39 is 0 Å². The zero-order valence-electron chi connectivity index (χ0n) is 10.7. The second kappa shape index (κ2) is 6.87. The third kappa shape index (κ3) is 3.90. The minimum absolute atomic E-state index is 0. The molecular formula is C14H22ClNO. The van der Waals surface area contributed by atoms with Crippen molar-refractivity contribution in [3.63, 3.8) is 0 Å². The molecule has 0 amide bonds. The van der Waals surface area contributed by atoms with Crippen molar-refractivity contribution < 1.29 is 4.74 Å². The molecule has 1 aromatic rings. The molecule has 17 heavy (non-hydrogen) atoms. The van der Waals surface area contributed by atoms with Crippen LogP contribution < -0.4 is 10.1 Å². The molecule has 3 heteroatoms. The van der Waals surface area contributed by atoms with Gasteiger partial charge in [0.25, 0.3) is 0 Å². The Labute approximate surface area is 110 Å². The molecule has 1 N–H and O–H groups in total. The first-order valence-corrected chi connectivity index (χ1v) is 6.14. The summed E-state index contributed by atoms with van der Waals surface area (Å²) in [6.07, 6.45) is 3.78. The van der Waals surface area contributed by atoms with Gasteiger partial charge >= 0.3 is 0 Å². The molecule has 1 heterocycles. The largest absolute Gasteiger partial charge is 0.496 e. The maximum atomic E-state index is 5.42. The number of methoxy groups -OCH3 is 1. The first-order chi connectivity index (χ1) is 7.79. The molecule has 1 fully saturated rings. The van der Waals surface area contributed by atoms with E-state index in [-0.39, 0.29) is 12.4 Å². The first-order valence-electron chi connectivity index (χ1n) is 6.14. The minimum atomic E-state index is 0. The molecule has 1 aromatic carbocycles. The van der Waals surface area contributed by atoms with E-state index in [0.29, 0.717) is 0 Å². The van der Waals surface area contributed by atoms with Crippen molar-refractivity contribution in [3.8, 4) is 5.75 Å². The molecule has 0 spiro atoms. The lowest BCUT2D eigenvalue weighted by Gasteiger charge is -2.23. The van der Waals surface area contributed by atoms with Crippen LogP contribution in [0.4, 0.5) is 0 Å². The van der Waals surface area contributed by atoms with Gasteiger partial charge in [-0.05, 0) is 56.8 Å². The summed E-state index contributed by atoms with van der Waals surface area (Å²) in [5.74, 6) is 1.81.